The maximum absolute atomic E-state index is 14.7. The highest BCUT2D eigenvalue weighted by molar-refractivity contribution is 7.90. The molecule has 0 spiro atoms. The molecule has 0 amide bonds. The molecule has 220 valence electrons. The van der Waals surface area contributed by atoms with Crippen LogP contribution in [-0.2, 0) is 29.6 Å². The molecule has 1 aliphatic rings. The van der Waals surface area contributed by atoms with Crippen LogP contribution in [0.2, 0.25) is 0 Å². The molecule has 1 aliphatic heterocycles. The van der Waals surface area contributed by atoms with Gasteiger partial charge in [-0.05, 0) is 49.2 Å². The van der Waals surface area contributed by atoms with Crippen molar-refractivity contribution in [2.45, 2.75) is 30.1 Å². The molecular weight excluding hydrogens is 585 g/mol. The van der Waals surface area contributed by atoms with E-state index >= 15 is 0 Å². The Morgan fingerprint density at radius 3 is 1.70 bits per heavy atom. The number of esters is 1. The third kappa shape index (κ3) is 5.97. The zero-order valence-electron chi connectivity index (χ0n) is 23.8. The average Bonchev–Trinajstić information content (AvgIpc) is 3.01. The number of hydrogen-bond acceptors (Lipinski definition) is 6. The molecule has 1 N–H and O–H groups in total. The summed E-state index contributed by atoms with van der Waals surface area (Å²) >= 11 is 0. The fraction of sp³-hybridized carbons (Fsp3) is 0.121. The lowest BCUT2D eigenvalue weighted by molar-refractivity contribution is -0.136. The second kappa shape index (κ2) is 11.9. The molecule has 0 bridgehead atoms. The van der Waals surface area contributed by atoms with Crippen LogP contribution in [0, 0.1) is 13.8 Å². The molecule has 0 saturated heterocycles. The predicted octanol–water partition coefficient (Wildman–Crippen LogP) is 5.63. The number of hydrogen-bond donors (Lipinski definition) is 1. The highest BCUT2D eigenvalue weighted by Gasteiger charge is 2.41. The van der Waals surface area contributed by atoms with E-state index in [1.165, 1.54) is 31.4 Å². The summed E-state index contributed by atoms with van der Waals surface area (Å²) in [5.74, 6) is -0.948. The molecule has 0 atom stereocenters. The van der Waals surface area contributed by atoms with Crippen LogP contribution in [-0.4, -0.2) is 34.2 Å². The lowest BCUT2D eigenvalue weighted by Crippen LogP contribution is -2.42. The third-order valence-electron chi connectivity index (χ3n) is 7.05. The minimum Gasteiger partial charge on any atom is -0.466 e. The molecule has 10 heteroatoms. The molecule has 43 heavy (non-hydrogen) atoms. The van der Waals surface area contributed by atoms with Gasteiger partial charge in [0.2, 0.25) is 0 Å². The van der Waals surface area contributed by atoms with Crippen molar-refractivity contribution < 1.29 is 26.4 Å². The first-order valence-corrected chi connectivity index (χ1v) is 16.3. The quantitative estimate of drug-likeness (QED) is 0.258. The molecule has 4 aromatic carbocycles. The number of nitrogens with zero attached hydrogens (tertiary/aromatic N) is 1. The number of rotatable bonds is 8. The number of carbonyl (C=O) groups is 1. The van der Waals surface area contributed by atoms with Crippen molar-refractivity contribution in [3.8, 4) is 0 Å². The summed E-state index contributed by atoms with van der Waals surface area (Å²) < 4.78 is 65.8. The van der Waals surface area contributed by atoms with Gasteiger partial charge >= 0.3 is 5.97 Å². The van der Waals surface area contributed by atoms with Gasteiger partial charge in [-0.3, -0.25) is 4.72 Å². The second-order valence-corrected chi connectivity index (χ2v) is 13.5. The van der Waals surface area contributed by atoms with Crippen LogP contribution in [0.1, 0.15) is 28.7 Å². The van der Waals surface area contributed by atoms with Crippen molar-refractivity contribution >= 4 is 37.3 Å². The first-order chi connectivity index (χ1) is 20.5. The van der Waals surface area contributed by atoms with E-state index in [0.717, 1.165) is 15.4 Å². The lowest BCUT2D eigenvalue weighted by Gasteiger charge is -2.36. The fourth-order valence-corrected chi connectivity index (χ4v) is 7.50. The van der Waals surface area contributed by atoms with Crippen LogP contribution in [0.15, 0.2) is 130 Å². The summed E-state index contributed by atoms with van der Waals surface area (Å²) in [4.78, 5) is 13.2. The summed E-state index contributed by atoms with van der Waals surface area (Å²) in [7, 11) is -7.60. The van der Waals surface area contributed by atoms with Gasteiger partial charge < -0.3 is 4.74 Å². The molecule has 8 nitrogen and oxygen atoms in total. The molecule has 5 rings (SSSR count). The largest absolute Gasteiger partial charge is 0.466 e. The standard InChI is InChI=1S/C33H30N2O6S2/c1-23-14-18-27(19-15-23)42(37,38)34-32-29(25-10-6-4-7-11-25)22-30(33(36)41-3)31(26-12-8-5-9-13-26)35(32)43(39,40)28-20-16-24(2)17-21-28/h4-21,34H,22H2,1-3H3. The highest BCUT2D eigenvalue weighted by Crippen LogP contribution is 2.43. The molecule has 0 unspecified atom stereocenters. The van der Waals surface area contributed by atoms with Gasteiger partial charge in [0.05, 0.1) is 28.2 Å². The molecule has 4 aromatic rings. The summed E-state index contributed by atoms with van der Waals surface area (Å²) in [5.41, 5.74) is 2.95. The zero-order valence-corrected chi connectivity index (χ0v) is 25.4. The number of carbonyl (C=O) groups excluding carboxylic acids is 1. The van der Waals surface area contributed by atoms with E-state index in [9.17, 15) is 21.6 Å². The Kier molecular flexibility index (Phi) is 8.25. The predicted molar refractivity (Wildman–Crippen MR) is 165 cm³/mol. The van der Waals surface area contributed by atoms with Gasteiger partial charge in [-0.15, -0.1) is 0 Å². The second-order valence-electron chi connectivity index (χ2n) is 10.1. The Morgan fingerprint density at radius 2 is 1.19 bits per heavy atom. The van der Waals surface area contributed by atoms with Crippen molar-refractivity contribution in [3.63, 3.8) is 0 Å². The minimum atomic E-state index is -4.52. The Balaban J connectivity index is 1.86. The number of ether oxygens (including phenoxy) is 1. The van der Waals surface area contributed by atoms with Crippen LogP contribution in [0.3, 0.4) is 0 Å². The van der Waals surface area contributed by atoms with Gasteiger partial charge in [-0.2, -0.15) is 0 Å². The van der Waals surface area contributed by atoms with E-state index in [2.05, 4.69) is 4.72 Å². The Labute approximate surface area is 252 Å². The SMILES string of the molecule is COC(=O)C1=C(c2ccccc2)N(S(=O)(=O)c2ccc(C)cc2)C(NS(=O)(=O)c2ccc(C)cc2)=C(c2ccccc2)C1. The topological polar surface area (TPSA) is 110 Å². The van der Waals surface area contributed by atoms with Crippen LogP contribution in [0.4, 0.5) is 0 Å². The molecular formula is C33H30N2O6S2. The monoisotopic (exact) mass is 614 g/mol. The molecule has 0 saturated carbocycles. The summed E-state index contributed by atoms with van der Waals surface area (Å²) in [6.45, 7) is 3.67. The van der Waals surface area contributed by atoms with Crippen molar-refractivity contribution in [2.24, 2.45) is 0 Å². The van der Waals surface area contributed by atoms with E-state index in [1.54, 1.807) is 84.9 Å². The van der Waals surface area contributed by atoms with E-state index in [1.807, 2.05) is 13.8 Å². The van der Waals surface area contributed by atoms with Crippen molar-refractivity contribution in [1.82, 2.24) is 9.03 Å². The number of nitrogens with one attached hydrogen (secondary N) is 1. The normalized spacial score (nSPS) is 14.1. The van der Waals surface area contributed by atoms with Gasteiger partial charge in [0.25, 0.3) is 20.0 Å². The van der Waals surface area contributed by atoms with Gasteiger partial charge in [0, 0.05) is 12.0 Å². The molecule has 1 heterocycles. The van der Waals surface area contributed by atoms with Gasteiger partial charge in [-0.25, -0.2) is 25.9 Å². The van der Waals surface area contributed by atoms with E-state index in [4.69, 9.17) is 4.74 Å². The number of aryl methyl sites for hydroxylation is 2. The first-order valence-electron chi connectivity index (χ1n) is 13.4. The summed E-state index contributed by atoms with van der Waals surface area (Å²) in [5, 5.41) is 0. The Bertz CT molecular complexity index is 1930. The first kappa shape index (κ1) is 29.8. The van der Waals surface area contributed by atoms with Crippen LogP contribution < -0.4 is 4.72 Å². The molecule has 0 radical (unpaired) electrons. The third-order valence-corrected chi connectivity index (χ3v) is 10.1. The van der Waals surface area contributed by atoms with Crippen molar-refractivity contribution in [2.75, 3.05) is 7.11 Å². The maximum Gasteiger partial charge on any atom is 0.336 e. The maximum atomic E-state index is 14.7. The number of methoxy groups -OCH3 is 1. The highest BCUT2D eigenvalue weighted by atomic mass is 32.2. The summed E-state index contributed by atoms with van der Waals surface area (Å²) in [6.07, 6.45) is -0.105. The van der Waals surface area contributed by atoms with Crippen LogP contribution >= 0.6 is 0 Å². The smallest absolute Gasteiger partial charge is 0.336 e. The Morgan fingerprint density at radius 1 is 0.698 bits per heavy atom. The van der Waals surface area contributed by atoms with Crippen LogP contribution in [0.25, 0.3) is 11.3 Å². The minimum absolute atomic E-state index is 0.00527. The van der Waals surface area contributed by atoms with Gasteiger partial charge in [0.15, 0.2) is 0 Å². The number of sulfonamides is 2. The molecule has 0 fully saturated rings. The lowest BCUT2D eigenvalue weighted by atomic mass is 9.92. The van der Waals surface area contributed by atoms with Gasteiger partial charge in [0.1, 0.15) is 5.82 Å². The summed E-state index contributed by atoms with van der Waals surface area (Å²) in [6, 6.07) is 29.7. The van der Waals surface area contributed by atoms with Crippen LogP contribution in [0.5, 0.6) is 0 Å². The molecule has 0 aromatic heterocycles. The average molecular weight is 615 g/mol. The van der Waals surface area contributed by atoms with E-state index in [0.29, 0.717) is 11.1 Å². The zero-order chi connectivity index (χ0) is 30.8. The van der Waals surface area contributed by atoms with E-state index in [-0.39, 0.29) is 38.9 Å². The van der Waals surface area contributed by atoms with Crippen molar-refractivity contribution in [3.05, 3.63) is 143 Å². The number of benzene rings is 4. The number of allylic oxidation sites excluding steroid dienone is 1. The van der Waals surface area contributed by atoms with Gasteiger partial charge in [-0.1, -0.05) is 96.1 Å². The Hall–Kier alpha value is -4.67. The fourth-order valence-electron chi connectivity index (χ4n) is 4.82. The van der Waals surface area contributed by atoms with E-state index < -0.39 is 26.0 Å². The molecule has 0 aliphatic carbocycles. The van der Waals surface area contributed by atoms with Crippen molar-refractivity contribution in [1.29, 1.82) is 0 Å².